The number of carboxylic acid groups (broad SMARTS) is 1. The third kappa shape index (κ3) is 2.28. The van der Waals surface area contributed by atoms with Crippen molar-refractivity contribution >= 4 is 5.97 Å². The number of rotatable bonds is 3. The molecular weight excluding hydrogens is 216 g/mol. The third-order valence-corrected chi connectivity index (χ3v) is 3.73. The Morgan fingerprint density at radius 3 is 2.94 bits per heavy atom. The van der Waals surface area contributed by atoms with Gasteiger partial charge < -0.3 is 10.2 Å². The van der Waals surface area contributed by atoms with Gasteiger partial charge >= 0.3 is 5.97 Å². The van der Waals surface area contributed by atoms with Gasteiger partial charge in [0.15, 0.2) is 0 Å². The van der Waals surface area contributed by atoms with Gasteiger partial charge in [-0.05, 0) is 54.9 Å². The van der Waals surface area contributed by atoms with Crippen LogP contribution in [0.5, 0.6) is 5.75 Å². The van der Waals surface area contributed by atoms with Crippen LogP contribution in [0, 0.1) is 5.92 Å². The van der Waals surface area contributed by atoms with Gasteiger partial charge in [0.2, 0.25) is 0 Å². The summed E-state index contributed by atoms with van der Waals surface area (Å²) in [4.78, 5) is 11.3. The lowest BCUT2D eigenvalue weighted by Gasteiger charge is -2.29. The minimum atomic E-state index is -0.710. The lowest BCUT2D eigenvalue weighted by atomic mass is 9.75. The number of carboxylic acids is 1. The summed E-state index contributed by atoms with van der Waals surface area (Å²) in [7, 11) is 0. The van der Waals surface area contributed by atoms with E-state index in [-0.39, 0.29) is 17.6 Å². The van der Waals surface area contributed by atoms with Crippen LogP contribution in [0.15, 0.2) is 18.2 Å². The molecule has 1 aliphatic carbocycles. The molecule has 2 unspecified atom stereocenters. The minimum absolute atomic E-state index is 0.0989. The second-order valence-corrected chi connectivity index (χ2v) is 4.73. The second-order valence-electron chi connectivity index (χ2n) is 4.73. The molecule has 2 atom stereocenters. The first-order chi connectivity index (χ1) is 8.13. The normalized spacial score (nSPS) is 20.6. The summed E-state index contributed by atoms with van der Waals surface area (Å²) in [6.45, 7) is 1.92. The van der Waals surface area contributed by atoms with Gasteiger partial charge in [0.25, 0.3) is 0 Å². The number of fused-ring (bicyclic) bond motifs is 1. The summed E-state index contributed by atoms with van der Waals surface area (Å²) in [5.74, 6) is -0.647. The van der Waals surface area contributed by atoms with Gasteiger partial charge in [0.1, 0.15) is 5.75 Å². The highest BCUT2D eigenvalue weighted by molar-refractivity contribution is 5.71. The molecular formula is C14H18O3. The highest BCUT2D eigenvalue weighted by Crippen LogP contribution is 2.39. The van der Waals surface area contributed by atoms with Gasteiger partial charge in [-0.25, -0.2) is 0 Å². The van der Waals surface area contributed by atoms with Crippen LogP contribution in [0.2, 0.25) is 0 Å². The summed E-state index contributed by atoms with van der Waals surface area (Å²) in [6, 6.07) is 5.32. The summed E-state index contributed by atoms with van der Waals surface area (Å²) in [5, 5.41) is 18.7. The van der Waals surface area contributed by atoms with Crippen LogP contribution in [0.4, 0.5) is 0 Å². The number of carbonyl (C=O) groups is 1. The number of aryl methyl sites for hydroxylation is 1. The lowest BCUT2D eigenvalue weighted by molar-refractivity contribution is -0.142. The molecule has 0 aromatic heterocycles. The Hall–Kier alpha value is -1.51. The van der Waals surface area contributed by atoms with Crippen molar-refractivity contribution in [2.75, 3.05) is 0 Å². The molecule has 1 aromatic carbocycles. The molecule has 0 saturated heterocycles. The number of aromatic hydroxyl groups is 1. The highest BCUT2D eigenvalue weighted by atomic mass is 16.4. The van der Waals surface area contributed by atoms with Crippen LogP contribution in [0.1, 0.15) is 43.2 Å². The van der Waals surface area contributed by atoms with Gasteiger partial charge in [-0.1, -0.05) is 13.0 Å². The molecule has 3 heteroatoms. The minimum Gasteiger partial charge on any atom is -0.508 e. The van der Waals surface area contributed by atoms with Crippen molar-refractivity contribution in [2.24, 2.45) is 5.92 Å². The van der Waals surface area contributed by atoms with Crippen LogP contribution < -0.4 is 0 Å². The smallest absolute Gasteiger partial charge is 0.307 e. The molecule has 0 bridgehead atoms. The predicted molar refractivity (Wildman–Crippen MR) is 65.2 cm³/mol. The largest absolute Gasteiger partial charge is 0.508 e. The molecule has 0 spiro atoms. The first-order valence-corrected chi connectivity index (χ1v) is 6.18. The number of hydrogen-bond acceptors (Lipinski definition) is 2. The van der Waals surface area contributed by atoms with Crippen molar-refractivity contribution in [3.63, 3.8) is 0 Å². The van der Waals surface area contributed by atoms with E-state index in [1.54, 1.807) is 12.1 Å². The predicted octanol–water partition coefficient (Wildman–Crippen LogP) is 2.92. The fourth-order valence-electron chi connectivity index (χ4n) is 2.89. The van der Waals surface area contributed by atoms with Crippen LogP contribution >= 0.6 is 0 Å². The first-order valence-electron chi connectivity index (χ1n) is 6.18. The Morgan fingerprint density at radius 1 is 1.53 bits per heavy atom. The van der Waals surface area contributed by atoms with Gasteiger partial charge in [-0.3, -0.25) is 4.79 Å². The zero-order valence-electron chi connectivity index (χ0n) is 10.0. The molecule has 17 heavy (non-hydrogen) atoms. The molecule has 0 saturated carbocycles. The molecule has 0 amide bonds. The van der Waals surface area contributed by atoms with Crippen LogP contribution in [-0.4, -0.2) is 16.2 Å². The fraction of sp³-hybridized carbons (Fsp3) is 0.500. The summed E-state index contributed by atoms with van der Waals surface area (Å²) < 4.78 is 0. The van der Waals surface area contributed by atoms with Crippen molar-refractivity contribution in [3.05, 3.63) is 29.3 Å². The van der Waals surface area contributed by atoms with Crippen molar-refractivity contribution < 1.29 is 15.0 Å². The Balaban J connectivity index is 2.37. The molecule has 0 heterocycles. The summed E-state index contributed by atoms with van der Waals surface area (Å²) in [6.07, 6.45) is 3.53. The Morgan fingerprint density at radius 2 is 2.29 bits per heavy atom. The molecule has 2 rings (SSSR count). The van der Waals surface area contributed by atoms with Crippen LogP contribution in [0.3, 0.4) is 0 Å². The maximum absolute atomic E-state index is 11.3. The quantitative estimate of drug-likeness (QED) is 0.845. The number of hydrogen-bond donors (Lipinski definition) is 2. The number of phenols is 1. The van der Waals surface area contributed by atoms with E-state index in [0.717, 1.165) is 30.4 Å². The Kier molecular flexibility index (Phi) is 3.36. The fourth-order valence-corrected chi connectivity index (χ4v) is 2.89. The summed E-state index contributed by atoms with van der Waals surface area (Å²) in [5.41, 5.74) is 2.23. The van der Waals surface area contributed by atoms with E-state index in [9.17, 15) is 15.0 Å². The average Bonchev–Trinajstić information content (AvgIpc) is 2.29. The molecule has 1 aromatic rings. The molecule has 0 radical (unpaired) electrons. The van der Waals surface area contributed by atoms with E-state index in [1.807, 2.05) is 13.0 Å². The van der Waals surface area contributed by atoms with Crippen LogP contribution in [0.25, 0.3) is 0 Å². The second kappa shape index (κ2) is 4.78. The Bertz CT molecular complexity index is 425. The highest BCUT2D eigenvalue weighted by Gasteiger charge is 2.31. The first kappa shape index (κ1) is 12.0. The van der Waals surface area contributed by atoms with Gasteiger partial charge in [0.05, 0.1) is 5.92 Å². The molecule has 0 fully saturated rings. The molecule has 0 aliphatic heterocycles. The van der Waals surface area contributed by atoms with Gasteiger partial charge in [-0.15, -0.1) is 0 Å². The zero-order valence-corrected chi connectivity index (χ0v) is 10.0. The van der Waals surface area contributed by atoms with E-state index in [4.69, 9.17) is 0 Å². The number of phenolic OH excluding ortho intramolecular Hbond substituents is 1. The molecule has 1 aliphatic rings. The lowest BCUT2D eigenvalue weighted by Crippen LogP contribution is -2.24. The Labute approximate surface area is 101 Å². The van der Waals surface area contributed by atoms with E-state index in [1.165, 1.54) is 0 Å². The molecule has 3 nitrogen and oxygen atoms in total. The van der Waals surface area contributed by atoms with Crippen molar-refractivity contribution in [3.8, 4) is 5.75 Å². The number of benzene rings is 1. The third-order valence-electron chi connectivity index (χ3n) is 3.73. The summed E-state index contributed by atoms with van der Waals surface area (Å²) >= 11 is 0. The van der Waals surface area contributed by atoms with Crippen molar-refractivity contribution in [1.82, 2.24) is 0 Å². The van der Waals surface area contributed by atoms with Gasteiger partial charge in [-0.2, -0.15) is 0 Å². The van der Waals surface area contributed by atoms with Crippen LogP contribution in [-0.2, 0) is 11.2 Å². The molecule has 92 valence electrons. The maximum Gasteiger partial charge on any atom is 0.307 e. The van der Waals surface area contributed by atoms with E-state index in [2.05, 4.69) is 0 Å². The van der Waals surface area contributed by atoms with E-state index >= 15 is 0 Å². The monoisotopic (exact) mass is 234 g/mol. The maximum atomic E-state index is 11.3. The zero-order chi connectivity index (χ0) is 12.4. The standard InChI is InChI=1S/C14H18O3/c1-2-11(14(16)17)13-5-3-4-9-8-10(15)6-7-12(9)13/h6-8,11,13,15H,2-5H2,1H3,(H,16,17). The van der Waals surface area contributed by atoms with Gasteiger partial charge in [0, 0.05) is 0 Å². The van der Waals surface area contributed by atoms with E-state index < -0.39 is 5.97 Å². The van der Waals surface area contributed by atoms with Crippen molar-refractivity contribution in [1.29, 1.82) is 0 Å². The average molecular weight is 234 g/mol. The topological polar surface area (TPSA) is 57.5 Å². The number of aliphatic carboxylic acids is 1. The molecule has 2 N–H and O–H groups in total. The van der Waals surface area contributed by atoms with E-state index in [0.29, 0.717) is 6.42 Å². The van der Waals surface area contributed by atoms with Crippen molar-refractivity contribution in [2.45, 2.75) is 38.5 Å². The SMILES string of the molecule is CCC(C(=O)O)C1CCCc2cc(O)ccc21.